The molecule has 2 heterocycles. The lowest BCUT2D eigenvalue weighted by molar-refractivity contribution is 0.672. The first kappa shape index (κ1) is 13.1. The Hall–Kier alpha value is -2.55. The van der Waals surface area contributed by atoms with Gasteiger partial charge in [0.2, 0.25) is 0 Å². The normalized spacial score (nSPS) is 14.4. The molecule has 0 N–H and O–H groups in total. The van der Waals surface area contributed by atoms with Crippen LogP contribution in [0, 0.1) is 0 Å². The van der Waals surface area contributed by atoms with Gasteiger partial charge in [0, 0.05) is 29.7 Å². The van der Waals surface area contributed by atoms with Crippen molar-refractivity contribution in [1.29, 1.82) is 0 Å². The average Bonchev–Trinajstić information content (AvgIpc) is 2.59. The summed E-state index contributed by atoms with van der Waals surface area (Å²) in [6.07, 6.45) is 10.1. The van der Waals surface area contributed by atoms with Gasteiger partial charge in [-0.25, -0.2) is 0 Å². The number of para-hydroxylation sites is 1. The van der Waals surface area contributed by atoms with Crippen LogP contribution >= 0.6 is 0 Å². The van der Waals surface area contributed by atoms with Gasteiger partial charge in [-0.05, 0) is 55.0 Å². The van der Waals surface area contributed by atoms with Crippen LogP contribution in [0.2, 0.25) is 0 Å². The number of pyridine rings is 2. The molecule has 0 fully saturated rings. The smallest absolute Gasteiger partial charge is 0.0774 e. The quantitative estimate of drug-likeness (QED) is 0.660. The molecule has 22 heavy (non-hydrogen) atoms. The molecule has 0 bridgehead atoms. The maximum Gasteiger partial charge on any atom is 0.0774 e. The van der Waals surface area contributed by atoms with Gasteiger partial charge in [-0.3, -0.25) is 15.0 Å². The van der Waals surface area contributed by atoms with Crippen molar-refractivity contribution in [2.45, 2.75) is 25.7 Å². The van der Waals surface area contributed by atoms with Gasteiger partial charge in [0.1, 0.15) is 0 Å². The summed E-state index contributed by atoms with van der Waals surface area (Å²) in [6.45, 7) is 0. The molecule has 0 saturated carbocycles. The minimum absolute atomic E-state index is 1.05. The fraction of sp³-hybridized carbons (Fsp3) is 0.211. The number of rotatable bonds is 2. The summed E-state index contributed by atoms with van der Waals surface area (Å²) in [6, 6.07) is 12.2. The Bertz CT molecular complexity index is 838. The second kappa shape index (κ2) is 5.68. The number of nitrogens with zero attached hydrogens (tertiary/aromatic N) is 3. The summed E-state index contributed by atoms with van der Waals surface area (Å²) in [7, 11) is 0. The minimum atomic E-state index is 1.05. The highest BCUT2D eigenvalue weighted by Crippen LogP contribution is 2.35. The Morgan fingerprint density at radius 3 is 2.68 bits per heavy atom. The second-order valence-electron chi connectivity index (χ2n) is 5.65. The third-order valence-corrected chi connectivity index (χ3v) is 4.19. The van der Waals surface area contributed by atoms with E-state index in [9.17, 15) is 0 Å². The van der Waals surface area contributed by atoms with E-state index in [1.54, 1.807) is 12.4 Å². The van der Waals surface area contributed by atoms with Crippen LogP contribution in [0.4, 0.5) is 5.69 Å². The third-order valence-electron chi connectivity index (χ3n) is 4.19. The molecule has 0 spiro atoms. The molecule has 4 rings (SSSR count). The molecule has 0 saturated heterocycles. The fourth-order valence-electron chi connectivity index (χ4n) is 3.08. The van der Waals surface area contributed by atoms with Crippen LogP contribution in [-0.2, 0) is 12.8 Å². The van der Waals surface area contributed by atoms with E-state index >= 15 is 0 Å². The first-order chi connectivity index (χ1) is 10.9. The lowest BCUT2D eigenvalue weighted by atomic mass is 9.93. The highest BCUT2D eigenvalue weighted by molar-refractivity contribution is 5.95. The lowest BCUT2D eigenvalue weighted by Crippen LogP contribution is -2.06. The molecule has 1 aliphatic carbocycles. The van der Waals surface area contributed by atoms with Gasteiger partial charge >= 0.3 is 0 Å². The summed E-state index contributed by atoms with van der Waals surface area (Å²) >= 11 is 0. The molecule has 3 nitrogen and oxygen atoms in total. The molecule has 2 aromatic heterocycles. The van der Waals surface area contributed by atoms with Crippen LogP contribution in [-0.4, -0.2) is 16.2 Å². The van der Waals surface area contributed by atoms with Gasteiger partial charge in [0.25, 0.3) is 0 Å². The monoisotopic (exact) mass is 287 g/mol. The van der Waals surface area contributed by atoms with Gasteiger partial charge in [0.05, 0.1) is 11.2 Å². The number of hydrogen-bond acceptors (Lipinski definition) is 3. The molecule has 0 amide bonds. The summed E-state index contributed by atoms with van der Waals surface area (Å²) in [5.74, 6) is 0. The maximum absolute atomic E-state index is 4.85. The van der Waals surface area contributed by atoms with Crippen molar-refractivity contribution in [2.75, 3.05) is 0 Å². The largest absolute Gasteiger partial charge is 0.265 e. The first-order valence-electron chi connectivity index (χ1n) is 7.76. The van der Waals surface area contributed by atoms with E-state index in [0.717, 1.165) is 35.0 Å². The topological polar surface area (TPSA) is 38.1 Å². The summed E-state index contributed by atoms with van der Waals surface area (Å²) in [5, 5.41) is 1.15. The van der Waals surface area contributed by atoms with Crippen molar-refractivity contribution in [3.8, 4) is 0 Å². The summed E-state index contributed by atoms with van der Waals surface area (Å²) < 4.78 is 0. The van der Waals surface area contributed by atoms with Gasteiger partial charge in [-0.15, -0.1) is 0 Å². The Morgan fingerprint density at radius 2 is 1.77 bits per heavy atom. The van der Waals surface area contributed by atoms with E-state index < -0.39 is 0 Å². The Kier molecular flexibility index (Phi) is 3.39. The highest BCUT2D eigenvalue weighted by Gasteiger charge is 2.17. The Balaban J connectivity index is 1.89. The molecule has 3 aromatic rings. The fourth-order valence-corrected chi connectivity index (χ4v) is 3.08. The maximum atomic E-state index is 4.85. The van der Waals surface area contributed by atoms with Crippen molar-refractivity contribution >= 4 is 22.8 Å². The Morgan fingerprint density at radius 1 is 0.955 bits per heavy atom. The second-order valence-corrected chi connectivity index (χ2v) is 5.65. The number of aromatic nitrogens is 2. The van der Waals surface area contributed by atoms with E-state index in [-0.39, 0.29) is 0 Å². The molecule has 0 atom stereocenters. The summed E-state index contributed by atoms with van der Waals surface area (Å²) in [5.41, 5.74) is 5.77. The highest BCUT2D eigenvalue weighted by atomic mass is 14.8. The van der Waals surface area contributed by atoms with E-state index in [4.69, 9.17) is 9.98 Å². The number of aliphatic imine (C=N–C) groups is 1. The average molecular weight is 287 g/mol. The first-order valence-corrected chi connectivity index (χ1v) is 7.76. The van der Waals surface area contributed by atoms with E-state index in [2.05, 4.69) is 23.2 Å². The van der Waals surface area contributed by atoms with Gasteiger partial charge in [-0.2, -0.15) is 0 Å². The van der Waals surface area contributed by atoms with Gasteiger partial charge in [-0.1, -0.05) is 18.2 Å². The van der Waals surface area contributed by atoms with E-state index in [0.29, 0.717) is 0 Å². The number of aryl methyl sites for hydroxylation is 1. The van der Waals surface area contributed by atoms with Crippen LogP contribution in [0.25, 0.3) is 10.9 Å². The zero-order valence-electron chi connectivity index (χ0n) is 12.4. The van der Waals surface area contributed by atoms with E-state index in [1.165, 1.54) is 24.1 Å². The van der Waals surface area contributed by atoms with Gasteiger partial charge in [0.15, 0.2) is 0 Å². The van der Waals surface area contributed by atoms with Crippen LogP contribution in [0.1, 0.15) is 29.7 Å². The number of hydrogen-bond donors (Lipinski definition) is 0. The SMILES string of the molecule is C(=Nc1c2c(nc3ccccc13)CCCC2)c1ccncc1. The molecule has 108 valence electrons. The van der Waals surface area contributed by atoms with Crippen LogP contribution in [0.5, 0.6) is 0 Å². The lowest BCUT2D eigenvalue weighted by Gasteiger charge is -2.18. The molecule has 1 aliphatic rings. The van der Waals surface area contributed by atoms with Crippen molar-refractivity contribution < 1.29 is 0 Å². The van der Waals surface area contributed by atoms with Crippen molar-refractivity contribution in [1.82, 2.24) is 9.97 Å². The number of fused-ring (bicyclic) bond motifs is 2. The zero-order valence-corrected chi connectivity index (χ0v) is 12.4. The third kappa shape index (κ3) is 2.39. The number of benzene rings is 1. The van der Waals surface area contributed by atoms with Gasteiger partial charge < -0.3 is 0 Å². The van der Waals surface area contributed by atoms with Crippen molar-refractivity contribution in [3.05, 3.63) is 65.6 Å². The molecule has 0 radical (unpaired) electrons. The molecule has 0 aliphatic heterocycles. The van der Waals surface area contributed by atoms with Crippen molar-refractivity contribution in [3.63, 3.8) is 0 Å². The van der Waals surface area contributed by atoms with Crippen molar-refractivity contribution in [2.24, 2.45) is 4.99 Å². The molecular weight excluding hydrogens is 270 g/mol. The summed E-state index contributed by atoms with van der Waals surface area (Å²) in [4.78, 5) is 13.7. The molecule has 0 unspecified atom stereocenters. The van der Waals surface area contributed by atoms with Crippen LogP contribution in [0.3, 0.4) is 0 Å². The minimum Gasteiger partial charge on any atom is -0.265 e. The molecule has 1 aromatic carbocycles. The van der Waals surface area contributed by atoms with E-state index in [1.807, 2.05) is 24.4 Å². The predicted octanol–water partition coefficient (Wildman–Crippen LogP) is 4.26. The van der Waals surface area contributed by atoms with Crippen LogP contribution in [0.15, 0.2) is 53.8 Å². The standard InChI is InChI=1S/C19H17N3/c1-3-7-17-15(5-1)19(16-6-2-4-8-18(16)22-17)21-13-14-9-11-20-12-10-14/h1,3,5,7,9-13H,2,4,6,8H2. The predicted molar refractivity (Wildman–Crippen MR) is 89.9 cm³/mol. The Labute approximate surface area is 129 Å². The molecular formula is C19H17N3. The zero-order chi connectivity index (χ0) is 14.8. The molecule has 3 heteroatoms. The van der Waals surface area contributed by atoms with Crippen LogP contribution < -0.4 is 0 Å².